The molecule has 5 heteroatoms. The Morgan fingerprint density at radius 1 is 1.20 bits per heavy atom. The molecule has 0 aliphatic carbocycles. The number of benzene rings is 2. The summed E-state index contributed by atoms with van der Waals surface area (Å²) in [6.45, 7) is 3.25. The molecule has 2 aromatic rings. The molecular weight excluding hydrogens is 338 g/mol. The van der Waals surface area contributed by atoms with Crippen LogP contribution in [0.2, 0.25) is 5.02 Å². The van der Waals surface area contributed by atoms with Gasteiger partial charge in [0.25, 0.3) is 5.91 Å². The zero-order valence-electron chi connectivity index (χ0n) is 14.4. The summed E-state index contributed by atoms with van der Waals surface area (Å²) < 4.78 is 10.9. The van der Waals surface area contributed by atoms with Crippen LogP contribution in [0.3, 0.4) is 0 Å². The van der Waals surface area contributed by atoms with E-state index in [4.69, 9.17) is 21.1 Å². The van der Waals surface area contributed by atoms with Crippen LogP contribution in [0.25, 0.3) is 0 Å². The van der Waals surface area contributed by atoms with Crippen molar-refractivity contribution in [3.05, 3.63) is 59.1 Å². The van der Waals surface area contributed by atoms with Crippen LogP contribution >= 0.6 is 11.6 Å². The zero-order chi connectivity index (χ0) is 17.8. The lowest BCUT2D eigenvalue weighted by molar-refractivity contribution is -0.136. The summed E-state index contributed by atoms with van der Waals surface area (Å²) in [5, 5.41) is 0.595. The van der Waals surface area contributed by atoms with Crippen LogP contribution < -0.4 is 9.47 Å². The van der Waals surface area contributed by atoms with Gasteiger partial charge in [0, 0.05) is 24.0 Å². The Labute approximate surface area is 153 Å². The Bertz CT molecular complexity index is 732. The third-order valence-corrected chi connectivity index (χ3v) is 4.78. The van der Waals surface area contributed by atoms with Gasteiger partial charge >= 0.3 is 0 Å². The van der Waals surface area contributed by atoms with E-state index < -0.39 is 6.10 Å². The molecule has 0 spiro atoms. The van der Waals surface area contributed by atoms with Crippen molar-refractivity contribution in [1.82, 2.24) is 4.90 Å². The second kappa shape index (κ2) is 7.79. The molecule has 1 aliphatic heterocycles. The number of hydrogen-bond acceptors (Lipinski definition) is 3. The van der Waals surface area contributed by atoms with Gasteiger partial charge in [-0.1, -0.05) is 29.8 Å². The number of carbonyl (C=O) groups is 1. The maximum atomic E-state index is 12.7. The third-order valence-electron chi connectivity index (χ3n) is 4.54. The van der Waals surface area contributed by atoms with Crippen LogP contribution in [0.5, 0.6) is 11.5 Å². The van der Waals surface area contributed by atoms with E-state index in [-0.39, 0.29) is 5.91 Å². The number of methoxy groups -OCH3 is 1. The van der Waals surface area contributed by atoms with Gasteiger partial charge in [0.15, 0.2) is 6.10 Å². The summed E-state index contributed by atoms with van der Waals surface area (Å²) in [5.41, 5.74) is 1.24. The van der Waals surface area contributed by atoms with Gasteiger partial charge in [0.05, 0.1) is 7.11 Å². The molecule has 1 amide bonds. The molecular formula is C20H22ClNO3. The predicted octanol–water partition coefficient (Wildman–Crippen LogP) is 4.13. The zero-order valence-corrected chi connectivity index (χ0v) is 15.2. The molecule has 132 valence electrons. The number of amides is 1. The molecule has 0 aromatic heterocycles. The van der Waals surface area contributed by atoms with Gasteiger partial charge in [-0.25, -0.2) is 0 Å². The van der Waals surface area contributed by atoms with E-state index in [2.05, 4.69) is 12.1 Å². The highest BCUT2D eigenvalue weighted by molar-refractivity contribution is 6.30. The number of nitrogens with zero attached hydrogens (tertiary/aromatic N) is 1. The number of hydrogen-bond donors (Lipinski definition) is 0. The first kappa shape index (κ1) is 17.6. The Kier molecular flexibility index (Phi) is 5.49. The van der Waals surface area contributed by atoms with Gasteiger partial charge in [-0.15, -0.1) is 0 Å². The molecule has 0 radical (unpaired) electrons. The molecule has 2 unspecified atom stereocenters. The summed E-state index contributed by atoms with van der Waals surface area (Å²) in [6, 6.07) is 15.2. The van der Waals surface area contributed by atoms with E-state index in [1.807, 2.05) is 23.1 Å². The van der Waals surface area contributed by atoms with E-state index in [1.165, 1.54) is 5.56 Å². The van der Waals surface area contributed by atoms with Crippen LogP contribution in [0.4, 0.5) is 0 Å². The van der Waals surface area contributed by atoms with Crippen molar-refractivity contribution in [2.45, 2.75) is 25.4 Å². The van der Waals surface area contributed by atoms with Gasteiger partial charge in [0.1, 0.15) is 11.5 Å². The molecule has 0 N–H and O–H groups in total. The largest absolute Gasteiger partial charge is 0.497 e. The van der Waals surface area contributed by atoms with E-state index >= 15 is 0 Å². The first-order chi connectivity index (χ1) is 12.1. The number of likely N-dealkylation sites (tertiary alicyclic amines) is 1. The molecule has 4 nitrogen and oxygen atoms in total. The molecule has 1 saturated heterocycles. The van der Waals surface area contributed by atoms with E-state index in [0.29, 0.717) is 23.2 Å². The average Bonchev–Trinajstić information content (AvgIpc) is 3.11. The molecule has 1 fully saturated rings. The second-order valence-electron chi connectivity index (χ2n) is 6.26. The van der Waals surface area contributed by atoms with Gasteiger partial charge in [-0.3, -0.25) is 4.79 Å². The summed E-state index contributed by atoms with van der Waals surface area (Å²) in [4.78, 5) is 14.5. The lowest BCUT2D eigenvalue weighted by Gasteiger charge is -2.22. The first-order valence-electron chi connectivity index (χ1n) is 8.42. The molecule has 25 heavy (non-hydrogen) atoms. The van der Waals surface area contributed by atoms with E-state index in [0.717, 1.165) is 18.7 Å². The van der Waals surface area contributed by atoms with Gasteiger partial charge < -0.3 is 14.4 Å². The Balaban J connectivity index is 1.59. The van der Waals surface area contributed by atoms with Crippen LogP contribution in [-0.2, 0) is 4.79 Å². The average molecular weight is 360 g/mol. The highest BCUT2D eigenvalue weighted by Gasteiger charge is 2.30. The normalized spacial score (nSPS) is 18.0. The molecule has 2 atom stereocenters. The molecule has 0 bridgehead atoms. The minimum atomic E-state index is -0.534. The van der Waals surface area contributed by atoms with Gasteiger partial charge in [-0.2, -0.15) is 0 Å². The van der Waals surface area contributed by atoms with Crippen LogP contribution in [-0.4, -0.2) is 37.1 Å². The fraction of sp³-hybridized carbons (Fsp3) is 0.350. The highest BCUT2D eigenvalue weighted by atomic mass is 35.5. The molecule has 0 saturated carbocycles. The van der Waals surface area contributed by atoms with Crippen molar-refractivity contribution in [3.63, 3.8) is 0 Å². The van der Waals surface area contributed by atoms with Crippen LogP contribution in [0.1, 0.15) is 24.8 Å². The maximum absolute atomic E-state index is 12.7. The maximum Gasteiger partial charge on any atom is 0.263 e. The van der Waals surface area contributed by atoms with E-state index in [1.54, 1.807) is 32.2 Å². The fourth-order valence-electron chi connectivity index (χ4n) is 3.16. The quantitative estimate of drug-likeness (QED) is 0.805. The molecule has 2 aromatic carbocycles. The number of ether oxygens (including phenoxy) is 2. The Morgan fingerprint density at radius 3 is 2.64 bits per heavy atom. The number of rotatable bonds is 5. The standard InChI is InChI=1S/C20H22ClNO3/c1-14(25-19-5-3-4-17(21)12-19)20(23)22-11-10-16(13-22)15-6-8-18(24-2)9-7-15/h3-9,12,14,16H,10-11,13H2,1-2H3. The van der Waals surface area contributed by atoms with Crippen molar-refractivity contribution in [2.24, 2.45) is 0 Å². The monoisotopic (exact) mass is 359 g/mol. The van der Waals surface area contributed by atoms with Crippen LogP contribution in [0.15, 0.2) is 48.5 Å². The SMILES string of the molecule is COc1ccc(C2CCN(C(=O)C(C)Oc3cccc(Cl)c3)C2)cc1. The smallest absolute Gasteiger partial charge is 0.263 e. The second-order valence-corrected chi connectivity index (χ2v) is 6.70. The lowest BCUT2D eigenvalue weighted by atomic mass is 9.98. The Morgan fingerprint density at radius 2 is 1.96 bits per heavy atom. The van der Waals surface area contributed by atoms with Crippen molar-refractivity contribution in [1.29, 1.82) is 0 Å². The van der Waals surface area contributed by atoms with Crippen LogP contribution in [0, 0.1) is 0 Å². The Hall–Kier alpha value is -2.20. The summed E-state index contributed by atoms with van der Waals surface area (Å²) in [6.07, 6.45) is 0.426. The summed E-state index contributed by atoms with van der Waals surface area (Å²) >= 11 is 5.96. The van der Waals surface area contributed by atoms with Gasteiger partial charge in [-0.05, 0) is 49.2 Å². The number of carbonyl (C=O) groups excluding carboxylic acids is 1. The fourth-order valence-corrected chi connectivity index (χ4v) is 3.34. The molecule has 1 aliphatic rings. The molecule has 3 rings (SSSR count). The summed E-state index contributed by atoms with van der Waals surface area (Å²) in [7, 11) is 1.66. The van der Waals surface area contributed by atoms with Gasteiger partial charge in [0.2, 0.25) is 0 Å². The van der Waals surface area contributed by atoms with Crippen molar-refractivity contribution < 1.29 is 14.3 Å². The minimum absolute atomic E-state index is 0.0102. The van der Waals surface area contributed by atoms with E-state index in [9.17, 15) is 4.79 Å². The lowest BCUT2D eigenvalue weighted by Crippen LogP contribution is -2.39. The third kappa shape index (κ3) is 4.26. The summed E-state index contributed by atoms with van der Waals surface area (Å²) in [5.74, 6) is 1.82. The van der Waals surface area contributed by atoms with Crippen molar-refractivity contribution in [3.8, 4) is 11.5 Å². The topological polar surface area (TPSA) is 38.8 Å². The van der Waals surface area contributed by atoms with Crippen molar-refractivity contribution in [2.75, 3.05) is 20.2 Å². The first-order valence-corrected chi connectivity index (χ1v) is 8.79. The highest BCUT2D eigenvalue weighted by Crippen LogP contribution is 2.29. The number of halogens is 1. The minimum Gasteiger partial charge on any atom is -0.497 e. The predicted molar refractivity (Wildman–Crippen MR) is 98.5 cm³/mol. The molecule has 1 heterocycles. The van der Waals surface area contributed by atoms with Crippen molar-refractivity contribution >= 4 is 17.5 Å².